The average Bonchev–Trinajstić information content (AvgIpc) is 2.32. The predicted octanol–water partition coefficient (Wildman–Crippen LogP) is -3.26. The van der Waals surface area contributed by atoms with Crippen LogP contribution in [0.2, 0.25) is 0 Å². The number of hydrogen-bond acceptors (Lipinski definition) is 7. The van der Waals surface area contributed by atoms with E-state index in [0.717, 1.165) is 0 Å². The summed E-state index contributed by atoms with van der Waals surface area (Å²) in [4.78, 5) is 0. The first-order valence-electron chi connectivity index (χ1n) is 5.18. The van der Waals surface area contributed by atoms with Crippen molar-refractivity contribution in [3.05, 3.63) is 0 Å². The smallest absolute Gasteiger partial charge is 0.111 e. The molecular formula is C9H21NO6. The topological polar surface area (TPSA) is 133 Å². The van der Waals surface area contributed by atoms with E-state index in [1.807, 2.05) is 0 Å². The zero-order valence-electron chi connectivity index (χ0n) is 9.19. The Balaban J connectivity index is 4.02. The van der Waals surface area contributed by atoms with Gasteiger partial charge in [-0.25, -0.2) is 0 Å². The Morgan fingerprint density at radius 1 is 0.938 bits per heavy atom. The van der Waals surface area contributed by atoms with Gasteiger partial charge in [-0.15, -0.1) is 0 Å². The maximum absolute atomic E-state index is 9.40. The van der Waals surface area contributed by atoms with E-state index in [4.69, 9.17) is 15.3 Å². The average molecular weight is 239 g/mol. The fourth-order valence-corrected chi connectivity index (χ4v) is 1.09. The lowest BCUT2D eigenvalue weighted by Crippen LogP contribution is -2.50. The highest BCUT2D eigenvalue weighted by Crippen LogP contribution is 2.04. The molecule has 0 aromatic carbocycles. The summed E-state index contributed by atoms with van der Waals surface area (Å²) in [6.45, 7) is 0.881. The summed E-state index contributed by atoms with van der Waals surface area (Å²) in [6, 6.07) is 0. The van der Waals surface area contributed by atoms with Gasteiger partial charge in [0.25, 0.3) is 0 Å². The summed E-state index contributed by atoms with van der Waals surface area (Å²) in [5.41, 5.74) is 0. The number of nitrogens with one attached hydrogen (secondary N) is 1. The lowest BCUT2D eigenvalue weighted by Gasteiger charge is -2.26. The van der Waals surface area contributed by atoms with Crippen LogP contribution in [0.4, 0.5) is 0 Å². The summed E-state index contributed by atoms with van der Waals surface area (Å²) in [7, 11) is 0. The number of hydrogen-bond donors (Lipinski definition) is 7. The minimum atomic E-state index is -1.64. The van der Waals surface area contributed by atoms with Gasteiger partial charge < -0.3 is 30.6 Å². The molecule has 98 valence electrons. The third-order valence-electron chi connectivity index (χ3n) is 2.27. The Kier molecular flexibility index (Phi) is 7.77. The van der Waals surface area contributed by atoms with Gasteiger partial charge in [-0.3, -0.25) is 5.32 Å². The van der Waals surface area contributed by atoms with Gasteiger partial charge in [-0.1, -0.05) is 6.92 Å². The molecule has 0 aromatic heterocycles. The Labute approximate surface area is 94.0 Å². The summed E-state index contributed by atoms with van der Waals surface area (Å²) in [6.07, 6.45) is -6.47. The van der Waals surface area contributed by atoms with Crippen molar-refractivity contribution in [1.82, 2.24) is 5.32 Å². The molecule has 0 bridgehead atoms. The maximum Gasteiger partial charge on any atom is 0.111 e. The number of rotatable bonds is 8. The molecule has 0 rings (SSSR count). The largest absolute Gasteiger partial charge is 0.394 e. The second-order valence-electron chi connectivity index (χ2n) is 3.63. The molecule has 5 atom stereocenters. The van der Waals surface area contributed by atoms with Gasteiger partial charge in [0.1, 0.15) is 24.5 Å². The predicted molar refractivity (Wildman–Crippen MR) is 55.4 cm³/mol. The van der Waals surface area contributed by atoms with Crippen LogP contribution in [0.15, 0.2) is 0 Å². The monoisotopic (exact) mass is 239 g/mol. The van der Waals surface area contributed by atoms with E-state index in [1.165, 1.54) is 0 Å². The molecule has 7 N–H and O–H groups in total. The fraction of sp³-hybridized carbons (Fsp3) is 1.00. The number of aliphatic hydroxyl groups excluding tert-OH is 6. The summed E-state index contributed by atoms with van der Waals surface area (Å²) in [5.74, 6) is 0. The van der Waals surface area contributed by atoms with Crippen LogP contribution in [-0.4, -0.2) is 74.4 Å². The van der Waals surface area contributed by atoms with Crippen molar-refractivity contribution in [2.75, 3.05) is 13.2 Å². The molecule has 1 unspecified atom stereocenters. The molecule has 7 nitrogen and oxygen atoms in total. The van der Waals surface area contributed by atoms with Gasteiger partial charge in [0, 0.05) is 6.54 Å². The second kappa shape index (κ2) is 7.91. The molecule has 0 spiro atoms. The van der Waals surface area contributed by atoms with Crippen LogP contribution >= 0.6 is 0 Å². The second-order valence-corrected chi connectivity index (χ2v) is 3.63. The van der Waals surface area contributed by atoms with Crippen molar-refractivity contribution < 1.29 is 30.6 Å². The molecule has 0 fully saturated rings. The van der Waals surface area contributed by atoms with Crippen molar-refractivity contribution in [2.45, 2.75) is 44.0 Å². The van der Waals surface area contributed by atoms with Crippen molar-refractivity contribution in [3.8, 4) is 0 Å². The van der Waals surface area contributed by atoms with E-state index in [9.17, 15) is 15.3 Å². The Hall–Kier alpha value is -0.280. The molecule has 0 saturated carbocycles. The molecule has 0 aliphatic rings. The highest BCUT2D eigenvalue weighted by Gasteiger charge is 2.29. The highest BCUT2D eigenvalue weighted by molar-refractivity contribution is 4.81. The molecule has 16 heavy (non-hydrogen) atoms. The molecule has 0 radical (unpaired) electrons. The first-order valence-corrected chi connectivity index (χ1v) is 5.18. The molecule has 0 aromatic rings. The van der Waals surface area contributed by atoms with Gasteiger partial charge in [-0.05, 0) is 6.42 Å². The van der Waals surface area contributed by atoms with Crippen LogP contribution < -0.4 is 5.32 Å². The molecule has 0 saturated heterocycles. The summed E-state index contributed by atoms with van der Waals surface area (Å²) < 4.78 is 0. The standard InChI is InChI=1S/C9H21NO6/c1-2-7(14)10-3-5(12)8(15)9(16)6(13)4-11/h5-16H,2-4H2,1H3/t5-,6+,7?,8+,9+/m0/s1. The van der Waals surface area contributed by atoms with Gasteiger partial charge >= 0.3 is 0 Å². The first kappa shape index (κ1) is 15.7. The maximum atomic E-state index is 9.40. The van der Waals surface area contributed by atoms with Crippen LogP contribution in [0.25, 0.3) is 0 Å². The van der Waals surface area contributed by atoms with Crippen LogP contribution in [0, 0.1) is 0 Å². The van der Waals surface area contributed by atoms with E-state index >= 15 is 0 Å². The van der Waals surface area contributed by atoms with Gasteiger partial charge in [0.15, 0.2) is 0 Å². The molecular weight excluding hydrogens is 218 g/mol. The molecule has 0 heterocycles. The Bertz CT molecular complexity index is 181. The van der Waals surface area contributed by atoms with Crippen molar-refractivity contribution in [2.24, 2.45) is 0 Å². The van der Waals surface area contributed by atoms with Crippen molar-refractivity contribution in [1.29, 1.82) is 0 Å². The summed E-state index contributed by atoms with van der Waals surface area (Å²) in [5, 5.41) is 57.3. The minimum absolute atomic E-state index is 0.134. The minimum Gasteiger partial charge on any atom is -0.394 e. The van der Waals surface area contributed by atoms with Crippen LogP contribution in [0.3, 0.4) is 0 Å². The summed E-state index contributed by atoms with van der Waals surface area (Å²) >= 11 is 0. The van der Waals surface area contributed by atoms with E-state index < -0.39 is 37.3 Å². The highest BCUT2D eigenvalue weighted by atomic mass is 16.4. The molecule has 0 amide bonds. The van der Waals surface area contributed by atoms with Crippen LogP contribution in [0.5, 0.6) is 0 Å². The third-order valence-corrected chi connectivity index (χ3v) is 2.27. The normalized spacial score (nSPS) is 21.2. The molecule has 0 aliphatic carbocycles. The Morgan fingerprint density at radius 2 is 1.44 bits per heavy atom. The SMILES string of the molecule is CCC(O)NC[C@H](O)[C@@H](O)[C@H](O)[C@H](O)CO. The molecule has 7 heteroatoms. The van der Waals surface area contributed by atoms with Crippen LogP contribution in [-0.2, 0) is 0 Å². The lowest BCUT2D eigenvalue weighted by atomic mass is 10.0. The first-order chi connectivity index (χ1) is 7.43. The fourth-order valence-electron chi connectivity index (χ4n) is 1.09. The van der Waals surface area contributed by atoms with E-state index in [-0.39, 0.29) is 6.54 Å². The van der Waals surface area contributed by atoms with Crippen molar-refractivity contribution >= 4 is 0 Å². The van der Waals surface area contributed by atoms with Crippen LogP contribution in [0.1, 0.15) is 13.3 Å². The lowest BCUT2D eigenvalue weighted by molar-refractivity contribution is -0.115. The quantitative estimate of drug-likeness (QED) is 0.221. The van der Waals surface area contributed by atoms with Crippen molar-refractivity contribution in [3.63, 3.8) is 0 Å². The zero-order valence-corrected chi connectivity index (χ0v) is 9.19. The zero-order chi connectivity index (χ0) is 12.7. The van der Waals surface area contributed by atoms with E-state index in [1.54, 1.807) is 6.92 Å². The van der Waals surface area contributed by atoms with Gasteiger partial charge in [0.05, 0.1) is 12.7 Å². The van der Waals surface area contributed by atoms with E-state index in [0.29, 0.717) is 6.42 Å². The van der Waals surface area contributed by atoms with E-state index in [2.05, 4.69) is 5.32 Å². The molecule has 0 aliphatic heterocycles. The van der Waals surface area contributed by atoms with Gasteiger partial charge in [-0.2, -0.15) is 0 Å². The van der Waals surface area contributed by atoms with Gasteiger partial charge in [0.2, 0.25) is 0 Å². The Morgan fingerprint density at radius 3 is 1.88 bits per heavy atom. The number of aliphatic hydroxyl groups is 6. The third kappa shape index (κ3) is 5.17.